The van der Waals surface area contributed by atoms with Crippen LogP contribution >= 0.6 is 11.6 Å². The Balaban J connectivity index is 2.45. The van der Waals surface area contributed by atoms with Crippen molar-refractivity contribution in [3.05, 3.63) is 52.8 Å². The smallest absolute Gasteiger partial charge is 0.358 e. The summed E-state index contributed by atoms with van der Waals surface area (Å²) in [5.41, 5.74) is 0.0240. The fourth-order valence-electron chi connectivity index (χ4n) is 1.42. The van der Waals surface area contributed by atoms with Crippen molar-refractivity contribution in [1.29, 1.82) is 5.26 Å². The van der Waals surface area contributed by atoms with Crippen LogP contribution in [0.2, 0.25) is 5.02 Å². The molecule has 1 aromatic carbocycles. The number of carboxylic acid groups (broad SMARTS) is 1. The molecule has 0 radical (unpaired) electrons. The van der Waals surface area contributed by atoms with Crippen molar-refractivity contribution in [2.24, 2.45) is 0 Å². The first-order valence-electron chi connectivity index (χ1n) is 5.17. The minimum Gasteiger partial charge on any atom is -0.476 e. The molecule has 0 bridgehead atoms. The number of ether oxygens (including phenoxy) is 1. The van der Waals surface area contributed by atoms with Crippen LogP contribution in [0.5, 0.6) is 11.5 Å². The number of carbonyl (C=O) groups is 1. The molecular formula is C13H7ClN2O3. The zero-order chi connectivity index (χ0) is 13.8. The van der Waals surface area contributed by atoms with E-state index in [0.717, 1.165) is 0 Å². The summed E-state index contributed by atoms with van der Waals surface area (Å²) in [6, 6.07) is 9.42. The Morgan fingerprint density at radius 2 is 2.16 bits per heavy atom. The van der Waals surface area contributed by atoms with Gasteiger partial charge in [0.15, 0.2) is 11.4 Å². The Kier molecular flexibility index (Phi) is 3.64. The van der Waals surface area contributed by atoms with E-state index in [1.54, 1.807) is 12.1 Å². The number of aromatic carboxylic acids is 1. The van der Waals surface area contributed by atoms with Crippen LogP contribution in [0.25, 0.3) is 0 Å². The van der Waals surface area contributed by atoms with E-state index in [4.69, 9.17) is 26.7 Å². The lowest BCUT2D eigenvalue weighted by Gasteiger charge is -2.09. The van der Waals surface area contributed by atoms with Crippen molar-refractivity contribution in [1.82, 2.24) is 4.98 Å². The fourth-order valence-corrected chi connectivity index (χ4v) is 1.59. The molecule has 5 nitrogen and oxygen atoms in total. The summed E-state index contributed by atoms with van der Waals surface area (Å²) >= 11 is 5.82. The highest BCUT2D eigenvalue weighted by Crippen LogP contribution is 2.29. The zero-order valence-corrected chi connectivity index (χ0v) is 10.3. The van der Waals surface area contributed by atoms with Crippen molar-refractivity contribution in [2.75, 3.05) is 0 Å². The molecule has 6 heteroatoms. The SMILES string of the molecule is N#Cc1ccc(Cl)cc1Oc1cccnc1C(=O)O. The number of hydrogen-bond donors (Lipinski definition) is 1. The summed E-state index contributed by atoms with van der Waals surface area (Å²) in [5, 5.41) is 18.3. The Morgan fingerprint density at radius 1 is 1.37 bits per heavy atom. The molecule has 0 unspecified atom stereocenters. The van der Waals surface area contributed by atoms with E-state index in [1.807, 2.05) is 6.07 Å². The van der Waals surface area contributed by atoms with Gasteiger partial charge in [-0.2, -0.15) is 5.26 Å². The van der Waals surface area contributed by atoms with Gasteiger partial charge in [-0.1, -0.05) is 11.6 Å². The quantitative estimate of drug-likeness (QED) is 0.930. The first kappa shape index (κ1) is 12.9. The van der Waals surface area contributed by atoms with Gasteiger partial charge in [0.1, 0.15) is 11.8 Å². The molecule has 0 aliphatic rings. The summed E-state index contributed by atoms with van der Waals surface area (Å²) in [6.45, 7) is 0. The van der Waals surface area contributed by atoms with Crippen LogP contribution in [0, 0.1) is 11.3 Å². The van der Waals surface area contributed by atoms with Gasteiger partial charge in [0.2, 0.25) is 0 Å². The molecule has 1 aromatic heterocycles. The second kappa shape index (κ2) is 5.38. The maximum Gasteiger partial charge on any atom is 0.358 e. The lowest BCUT2D eigenvalue weighted by atomic mass is 10.2. The van der Waals surface area contributed by atoms with Crippen molar-refractivity contribution >= 4 is 17.6 Å². The molecule has 0 aliphatic carbocycles. The van der Waals surface area contributed by atoms with Gasteiger partial charge in [-0.15, -0.1) is 0 Å². The molecule has 1 heterocycles. The molecule has 0 spiro atoms. The highest BCUT2D eigenvalue weighted by molar-refractivity contribution is 6.30. The Bertz CT molecular complexity index is 680. The topological polar surface area (TPSA) is 83.2 Å². The van der Waals surface area contributed by atoms with Crippen LogP contribution < -0.4 is 4.74 Å². The molecule has 19 heavy (non-hydrogen) atoms. The second-order valence-electron chi connectivity index (χ2n) is 3.51. The van der Waals surface area contributed by atoms with E-state index in [-0.39, 0.29) is 22.8 Å². The standard InChI is InChI=1S/C13H7ClN2O3/c14-9-4-3-8(7-15)11(6-9)19-10-2-1-5-16-12(10)13(17)18/h1-6H,(H,17,18). The second-order valence-corrected chi connectivity index (χ2v) is 3.95. The third kappa shape index (κ3) is 2.81. The zero-order valence-electron chi connectivity index (χ0n) is 9.50. The third-order valence-corrected chi connectivity index (χ3v) is 2.49. The van der Waals surface area contributed by atoms with Crippen LogP contribution in [-0.2, 0) is 0 Å². The number of halogens is 1. The van der Waals surface area contributed by atoms with Crippen molar-refractivity contribution in [3.8, 4) is 17.6 Å². The maximum atomic E-state index is 11.0. The molecule has 0 saturated heterocycles. The highest BCUT2D eigenvalue weighted by atomic mass is 35.5. The number of nitriles is 1. The van der Waals surface area contributed by atoms with Crippen molar-refractivity contribution in [2.45, 2.75) is 0 Å². The van der Waals surface area contributed by atoms with E-state index in [9.17, 15) is 4.79 Å². The Hall–Kier alpha value is -2.58. The number of pyridine rings is 1. The molecular weight excluding hydrogens is 268 g/mol. The predicted molar refractivity (Wildman–Crippen MR) is 67.4 cm³/mol. The van der Waals surface area contributed by atoms with Crippen LogP contribution in [0.15, 0.2) is 36.5 Å². The fraction of sp³-hybridized carbons (Fsp3) is 0. The number of benzene rings is 1. The van der Waals surface area contributed by atoms with E-state index in [2.05, 4.69) is 4.98 Å². The number of carboxylic acids is 1. The van der Waals surface area contributed by atoms with Gasteiger partial charge in [0.25, 0.3) is 0 Å². The first-order valence-corrected chi connectivity index (χ1v) is 5.55. The number of hydrogen-bond acceptors (Lipinski definition) is 4. The van der Waals surface area contributed by atoms with Crippen LogP contribution in [-0.4, -0.2) is 16.1 Å². The predicted octanol–water partition coefficient (Wildman–Crippen LogP) is 3.10. The van der Waals surface area contributed by atoms with E-state index < -0.39 is 5.97 Å². The van der Waals surface area contributed by atoms with Crippen LogP contribution in [0.1, 0.15) is 16.1 Å². The highest BCUT2D eigenvalue weighted by Gasteiger charge is 2.14. The van der Waals surface area contributed by atoms with Crippen molar-refractivity contribution in [3.63, 3.8) is 0 Å². The average molecular weight is 275 g/mol. The van der Waals surface area contributed by atoms with Gasteiger partial charge in [0, 0.05) is 17.3 Å². The van der Waals surface area contributed by atoms with Gasteiger partial charge in [-0.3, -0.25) is 0 Å². The third-order valence-electron chi connectivity index (χ3n) is 2.26. The Morgan fingerprint density at radius 3 is 2.84 bits per heavy atom. The normalized spacial score (nSPS) is 9.68. The maximum absolute atomic E-state index is 11.0. The minimum atomic E-state index is -1.21. The molecule has 2 aromatic rings. The average Bonchev–Trinajstić information content (AvgIpc) is 2.39. The molecule has 2 rings (SSSR count). The molecule has 0 amide bonds. The van der Waals surface area contributed by atoms with Crippen molar-refractivity contribution < 1.29 is 14.6 Å². The number of aromatic nitrogens is 1. The van der Waals surface area contributed by atoms with E-state index in [1.165, 1.54) is 24.4 Å². The molecule has 0 atom stereocenters. The van der Waals surface area contributed by atoms with Crippen LogP contribution in [0.3, 0.4) is 0 Å². The largest absolute Gasteiger partial charge is 0.476 e. The molecule has 94 valence electrons. The van der Waals surface area contributed by atoms with Gasteiger partial charge >= 0.3 is 5.97 Å². The van der Waals surface area contributed by atoms with Gasteiger partial charge < -0.3 is 9.84 Å². The summed E-state index contributed by atoms with van der Waals surface area (Å²) in [5.74, 6) is -0.976. The minimum absolute atomic E-state index is 0.0498. The molecule has 0 saturated carbocycles. The summed E-state index contributed by atoms with van der Waals surface area (Å²) in [6.07, 6.45) is 1.35. The van der Waals surface area contributed by atoms with E-state index >= 15 is 0 Å². The van der Waals surface area contributed by atoms with Gasteiger partial charge in [0.05, 0.1) is 5.56 Å². The monoisotopic (exact) mass is 274 g/mol. The van der Waals surface area contributed by atoms with Gasteiger partial charge in [-0.05, 0) is 24.3 Å². The first-order chi connectivity index (χ1) is 9.11. The summed E-state index contributed by atoms with van der Waals surface area (Å²) < 4.78 is 5.42. The van der Waals surface area contributed by atoms with E-state index in [0.29, 0.717) is 5.02 Å². The lowest BCUT2D eigenvalue weighted by Crippen LogP contribution is -2.03. The molecule has 0 fully saturated rings. The number of nitrogens with zero attached hydrogens (tertiary/aromatic N) is 2. The Labute approximate surface area is 113 Å². The summed E-state index contributed by atoms with van der Waals surface area (Å²) in [4.78, 5) is 14.7. The molecule has 0 aliphatic heterocycles. The summed E-state index contributed by atoms with van der Waals surface area (Å²) in [7, 11) is 0. The number of rotatable bonds is 3. The van der Waals surface area contributed by atoms with Crippen LogP contribution in [0.4, 0.5) is 0 Å². The lowest BCUT2D eigenvalue weighted by molar-refractivity contribution is 0.0687. The molecule has 1 N–H and O–H groups in total. The van der Waals surface area contributed by atoms with Gasteiger partial charge in [-0.25, -0.2) is 9.78 Å².